The van der Waals surface area contributed by atoms with Crippen LogP contribution in [0.25, 0.3) is 111 Å². The number of rotatable bonds is 7. The number of alkyl halides is 27. The van der Waals surface area contributed by atoms with Gasteiger partial charge in [0.15, 0.2) is 0 Å². The fourth-order valence-electron chi connectivity index (χ4n) is 11.9. The number of benzene rings is 10. The Morgan fingerprint density at radius 1 is 0.220 bits per heavy atom. The molecular weight excluding hydrogens is 1400 g/mol. The zero-order valence-electron chi connectivity index (χ0n) is 48.9. The Morgan fingerprint density at radius 3 is 0.650 bits per heavy atom. The lowest BCUT2D eigenvalue weighted by Gasteiger charge is -2.23. The second-order valence-electron chi connectivity index (χ2n) is 22.9. The van der Waals surface area contributed by atoms with Gasteiger partial charge < -0.3 is 9.13 Å². The molecule has 0 N–H and O–H groups in total. The zero-order valence-corrected chi connectivity index (χ0v) is 48.9. The quantitative estimate of drug-likeness (QED) is 0.146. The van der Waals surface area contributed by atoms with Gasteiger partial charge in [0.25, 0.3) is 0 Å². The van der Waals surface area contributed by atoms with Gasteiger partial charge in [-0.05, 0) is 196 Å². The smallest absolute Gasteiger partial charge is 0.309 e. The van der Waals surface area contributed by atoms with E-state index in [1.54, 1.807) is 0 Å². The van der Waals surface area contributed by atoms with Crippen LogP contribution in [0.4, 0.5) is 119 Å². The van der Waals surface area contributed by atoms with Crippen LogP contribution in [0.5, 0.6) is 0 Å². The largest absolute Gasteiger partial charge is 0.416 e. The molecule has 0 atom stereocenters. The summed E-state index contributed by atoms with van der Waals surface area (Å²) in [6, 6.07) is 20.1. The topological polar surface area (TPSA) is 33.6 Å². The molecule has 0 amide bonds. The summed E-state index contributed by atoms with van der Waals surface area (Å²) in [5.41, 5.74) is -25.6. The Labute approximate surface area is 541 Å². The van der Waals surface area contributed by atoms with E-state index >= 15 is 13.2 Å². The predicted octanol–water partition coefficient (Wildman–Crippen LogP) is 25.3. The summed E-state index contributed by atoms with van der Waals surface area (Å²) in [6.07, 6.45) is -49.2. The van der Waals surface area contributed by atoms with E-state index in [-0.39, 0.29) is 128 Å². The van der Waals surface area contributed by atoms with Crippen molar-refractivity contribution in [1.29, 1.82) is 5.26 Å². The standard InChI is InChI=1S/C70H30F27N3/c71-62(72,73)42-13-38(14-43(25-42)63(74,75)76)33-4-8-55-51(21-33)52-22-34(39-15-44(64(77,78)79)26-45(16-39)65(80,81)82)5-9-56(52)99(55)59-29-50(70(95,96)97)30-60(61(59)37-3-1-2-32(12-37)31-98)100-57-10-6-35(40-17-46(66(83,84)85)27-47(18-40)67(86,87)88)23-53(57)54-24-36(7-11-58(54)100)41-19-48(68(89,90)91)28-49(20-41)69(92,93)94/h1-30H. The third-order valence-corrected chi connectivity index (χ3v) is 16.4. The van der Waals surface area contributed by atoms with Gasteiger partial charge in [0, 0.05) is 27.1 Å². The van der Waals surface area contributed by atoms with Crippen LogP contribution >= 0.6 is 0 Å². The van der Waals surface area contributed by atoms with Crippen LogP contribution in [0.1, 0.15) is 55.6 Å². The highest BCUT2D eigenvalue weighted by Crippen LogP contribution is 2.51. The minimum atomic E-state index is -5.53. The molecule has 30 heteroatoms. The Bertz CT molecular complexity index is 4670. The molecule has 0 saturated carbocycles. The Balaban J connectivity index is 1.24. The predicted molar refractivity (Wildman–Crippen MR) is 312 cm³/mol. The lowest BCUT2D eigenvalue weighted by Crippen LogP contribution is -2.11. The average Bonchev–Trinajstić information content (AvgIpc) is 1.57. The van der Waals surface area contributed by atoms with Gasteiger partial charge in [0.2, 0.25) is 0 Å². The highest BCUT2D eigenvalue weighted by atomic mass is 19.4. The normalized spacial score (nSPS) is 13.3. The van der Waals surface area contributed by atoms with Crippen molar-refractivity contribution in [3.05, 3.63) is 238 Å². The molecular formula is C70H30F27N3. The summed E-state index contributed by atoms with van der Waals surface area (Å²) in [4.78, 5) is 0. The Hall–Kier alpha value is -10.6. The van der Waals surface area contributed by atoms with Crippen molar-refractivity contribution >= 4 is 43.6 Å². The van der Waals surface area contributed by atoms with Crippen molar-refractivity contribution in [3.63, 3.8) is 0 Å². The molecule has 100 heavy (non-hydrogen) atoms. The van der Waals surface area contributed by atoms with Gasteiger partial charge in [-0.15, -0.1) is 0 Å². The molecule has 0 aliphatic carbocycles. The van der Waals surface area contributed by atoms with Crippen LogP contribution < -0.4 is 0 Å². The van der Waals surface area contributed by atoms with E-state index in [9.17, 15) is 111 Å². The lowest BCUT2D eigenvalue weighted by atomic mass is 9.96. The number of hydrogen-bond donors (Lipinski definition) is 0. The Kier molecular flexibility index (Phi) is 16.1. The molecule has 12 rings (SSSR count). The molecule has 0 aliphatic heterocycles. The van der Waals surface area contributed by atoms with Gasteiger partial charge >= 0.3 is 55.6 Å². The van der Waals surface area contributed by atoms with E-state index in [4.69, 9.17) is 0 Å². The van der Waals surface area contributed by atoms with E-state index < -0.39 is 167 Å². The highest BCUT2D eigenvalue weighted by molar-refractivity contribution is 6.14. The first-order chi connectivity index (χ1) is 46.1. The summed E-state index contributed by atoms with van der Waals surface area (Å²) in [7, 11) is 0. The molecule has 12 aromatic rings. The molecule has 0 unspecified atom stereocenters. The third-order valence-electron chi connectivity index (χ3n) is 16.4. The second-order valence-corrected chi connectivity index (χ2v) is 22.9. The number of halogens is 27. The molecule has 2 aromatic heterocycles. The summed E-state index contributed by atoms with van der Waals surface area (Å²) in [5.74, 6) is 0. The van der Waals surface area contributed by atoms with Crippen LogP contribution in [0.2, 0.25) is 0 Å². The molecule has 10 aromatic carbocycles. The molecule has 0 fully saturated rings. The Morgan fingerprint density at radius 2 is 0.440 bits per heavy atom. The summed E-state index contributed by atoms with van der Waals surface area (Å²) in [5, 5.41) is 8.75. The lowest BCUT2D eigenvalue weighted by molar-refractivity contribution is -0.144. The minimum Gasteiger partial charge on any atom is -0.309 e. The fraction of sp³-hybridized carbons (Fsp3) is 0.129. The molecule has 2 heterocycles. The van der Waals surface area contributed by atoms with E-state index in [1.165, 1.54) is 18.2 Å². The maximum Gasteiger partial charge on any atom is 0.416 e. The molecule has 0 radical (unpaired) electrons. The number of hydrogen-bond acceptors (Lipinski definition) is 1. The summed E-state index contributed by atoms with van der Waals surface area (Å²) in [6.45, 7) is 0. The van der Waals surface area contributed by atoms with E-state index in [0.29, 0.717) is 12.1 Å². The van der Waals surface area contributed by atoms with Crippen LogP contribution in [0.3, 0.4) is 0 Å². The maximum atomic E-state index is 16.1. The van der Waals surface area contributed by atoms with Gasteiger partial charge in [0.1, 0.15) is 0 Å². The van der Waals surface area contributed by atoms with Gasteiger partial charge in [-0.3, -0.25) is 0 Å². The van der Waals surface area contributed by atoms with E-state index in [0.717, 1.165) is 88.0 Å². The molecule has 0 saturated heterocycles. The van der Waals surface area contributed by atoms with Crippen molar-refractivity contribution < 1.29 is 119 Å². The van der Waals surface area contributed by atoms with Crippen molar-refractivity contribution in [1.82, 2.24) is 9.13 Å². The number of aromatic nitrogens is 2. The monoisotopic (exact) mass is 1430 g/mol. The maximum absolute atomic E-state index is 16.1. The van der Waals surface area contributed by atoms with Gasteiger partial charge in [-0.2, -0.15) is 124 Å². The number of nitriles is 1. The van der Waals surface area contributed by atoms with Crippen LogP contribution in [-0.2, 0) is 55.6 Å². The SMILES string of the molecule is N#Cc1cccc(-c2c(-n3c4ccc(-c5cc(C(F)(F)F)cc(C(F)(F)F)c5)cc4c4cc(-c5cc(C(F)(F)F)cc(C(F)(F)F)c5)ccc43)cc(C(F)(F)F)cc2-n2c3ccc(-c4cc(C(F)(F)F)cc(C(F)(F)F)c4)cc3c3cc(-c4cc(C(F)(F)F)cc(C(F)(F)F)c4)ccc32)c1. The molecule has 0 bridgehead atoms. The molecule has 0 aliphatic rings. The van der Waals surface area contributed by atoms with Crippen LogP contribution in [0.15, 0.2) is 182 Å². The molecule has 3 nitrogen and oxygen atoms in total. The second kappa shape index (κ2) is 23.3. The van der Waals surface area contributed by atoms with E-state index in [2.05, 4.69) is 0 Å². The first-order valence-corrected chi connectivity index (χ1v) is 28.3. The summed E-state index contributed by atoms with van der Waals surface area (Å²) < 4.78 is 396. The van der Waals surface area contributed by atoms with Gasteiger partial charge in [-0.1, -0.05) is 36.4 Å². The number of nitrogens with zero attached hydrogens (tertiary/aromatic N) is 3. The third kappa shape index (κ3) is 13.1. The fourth-order valence-corrected chi connectivity index (χ4v) is 11.9. The summed E-state index contributed by atoms with van der Waals surface area (Å²) >= 11 is 0. The van der Waals surface area contributed by atoms with Crippen LogP contribution in [0, 0.1) is 11.3 Å². The first kappa shape index (κ1) is 69.3. The minimum absolute atomic E-state index is 0.222. The van der Waals surface area contributed by atoms with Crippen molar-refractivity contribution in [2.75, 3.05) is 0 Å². The van der Waals surface area contributed by atoms with Crippen molar-refractivity contribution in [2.24, 2.45) is 0 Å². The van der Waals surface area contributed by atoms with E-state index in [1.807, 2.05) is 6.07 Å². The zero-order chi connectivity index (χ0) is 72.9. The van der Waals surface area contributed by atoms with Crippen LogP contribution in [-0.4, -0.2) is 9.13 Å². The number of fused-ring (bicyclic) bond motifs is 6. The average molecular weight is 1430 g/mol. The van der Waals surface area contributed by atoms with Crippen molar-refractivity contribution in [2.45, 2.75) is 55.6 Å². The van der Waals surface area contributed by atoms with Crippen molar-refractivity contribution in [3.8, 4) is 73.1 Å². The van der Waals surface area contributed by atoms with Gasteiger partial charge in [-0.25, -0.2) is 0 Å². The molecule has 514 valence electrons. The first-order valence-electron chi connectivity index (χ1n) is 28.3. The molecule has 0 spiro atoms. The highest BCUT2D eigenvalue weighted by Gasteiger charge is 2.43. The van der Waals surface area contributed by atoms with Gasteiger partial charge in [0.05, 0.1) is 95.1 Å².